The molecule has 4 aliphatic heterocycles. The Labute approximate surface area is 166 Å². The predicted octanol–water partition coefficient (Wildman–Crippen LogP) is 1.03. The number of likely N-dealkylation sites (tertiary alicyclic amines) is 3. The molecule has 0 saturated carbocycles. The van der Waals surface area contributed by atoms with Crippen LogP contribution in [0.5, 0.6) is 0 Å². The molecule has 0 aliphatic carbocycles. The maximum Gasteiger partial charge on any atom is 0.236 e. The van der Waals surface area contributed by atoms with Gasteiger partial charge < -0.3 is 19.6 Å². The van der Waals surface area contributed by atoms with Crippen molar-refractivity contribution in [3.05, 3.63) is 0 Å². The lowest BCUT2D eigenvalue weighted by atomic mass is 10.2. The van der Waals surface area contributed by atoms with Crippen LogP contribution in [0.15, 0.2) is 0 Å². The fourth-order valence-electron chi connectivity index (χ4n) is 4.74. The lowest BCUT2D eigenvalue weighted by Gasteiger charge is -2.32. The number of carbonyl (C=O) groups is 1. The smallest absolute Gasteiger partial charge is 0.236 e. The number of amides is 1. The van der Waals surface area contributed by atoms with E-state index in [1.807, 2.05) is 4.90 Å². The van der Waals surface area contributed by atoms with Gasteiger partial charge in [-0.1, -0.05) is 0 Å². The normalized spacial score (nSPS) is 28.5. The lowest BCUT2D eigenvalue weighted by Crippen LogP contribution is -2.48. The van der Waals surface area contributed by atoms with E-state index >= 15 is 0 Å². The van der Waals surface area contributed by atoms with Crippen molar-refractivity contribution in [2.75, 3.05) is 86.1 Å². The molecule has 1 amide bonds. The van der Waals surface area contributed by atoms with E-state index in [0.29, 0.717) is 12.5 Å². The largest absolute Gasteiger partial charge is 0.342 e. The molecule has 6 nitrogen and oxygen atoms in total. The van der Waals surface area contributed by atoms with E-state index in [9.17, 15) is 4.79 Å². The first-order chi connectivity index (χ1) is 13.1. The van der Waals surface area contributed by atoms with Crippen molar-refractivity contribution in [2.24, 2.45) is 0 Å². The first-order valence-corrected chi connectivity index (χ1v) is 11.2. The molecule has 0 aromatic carbocycles. The van der Waals surface area contributed by atoms with Gasteiger partial charge in [0, 0.05) is 51.9 Å². The van der Waals surface area contributed by atoms with E-state index in [4.69, 9.17) is 0 Å². The first kappa shape index (κ1) is 21.0. The van der Waals surface area contributed by atoms with E-state index in [1.165, 1.54) is 64.7 Å². The average molecular weight is 380 g/mol. The van der Waals surface area contributed by atoms with E-state index in [1.54, 1.807) is 0 Å². The van der Waals surface area contributed by atoms with Crippen LogP contribution >= 0.6 is 0 Å². The van der Waals surface area contributed by atoms with Crippen LogP contribution in [0.25, 0.3) is 0 Å². The Morgan fingerprint density at radius 2 is 1.37 bits per heavy atom. The number of hydrogen-bond donors (Lipinski definition) is 0. The van der Waals surface area contributed by atoms with Gasteiger partial charge in [-0.2, -0.15) is 0 Å². The van der Waals surface area contributed by atoms with Gasteiger partial charge in [-0.15, -0.1) is 0 Å². The minimum atomic E-state index is 0.331. The van der Waals surface area contributed by atoms with Gasteiger partial charge >= 0.3 is 0 Å². The Morgan fingerprint density at radius 3 is 1.96 bits per heavy atom. The second kappa shape index (κ2) is 10.7. The Morgan fingerprint density at radius 1 is 0.741 bits per heavy atom. The van der Waals surface area contributed by atoms with Crippen molar-refractivity contribution in [3.63, 3.8) is 0 Å². The number of carbonyl (C=O) groups excluding carboxylic acids is 1. The quantitative estimate of drug-likeness (QED) is 0.729. The summed E-state index contributed by atoms with van der Waals surface area (Å²) in [5.41, 5.74) is 0. The zero-order chi connectivity index (χ0) is 19.1. The molecule has 4 rings (SSSR count). The molecule has 6 heteroatoms. The highest BCUT2D eigenvalue weighted by Gasteiger charge is 2.24. The molecular formula is C21H41N5O. The molecule has 0 aromatic rings. The van der Waals surface area contributed by atoms with Crippen molar-refractivity contribution in [1.29, 1.82) is 0 Å². The molecule has 0 radical (unpaired) electrons. The van der Waals surface area contributed by atoms with Crippen LogP contribution in [-0.4, -0.2) is 123 Å². The standard InChI is InChI=1S/C11H21N3O.C10H20N2/c1-12-6-8-13(9-7-12)10-11(15)14-4-2-3-5-14;1-11-6-4-5-10(11)9-12-7-2-3-8-12/h2-10H2,1H3;10H,2-9H2,1H3/t;10-/m.0/s1. The summed E-state index contributed by atoms with van der Waals surface area (Å²) < 4.78 is 0. The van der Waals surface area contributed by atoms with Crippen molar-refractivity contribution in [2.45, 2.75) is 44.6 Å². The Kier molecular flexibility index (Phi) is 8.37. The van der Waals surface area contributed by atoms with E-state index in [-0.39, 0.29) is 0 Å². The molecule has 4 fully saturated rings. The highest BCUT2D eigenvalue weighted by atomic mass is 16.2. The molecule has 27 heavy (non-hydrogen) atoms. The monoisotopic (exact) mass is 379 g/mol. The predicted molar refractivity (Wildman–Crippen MR) is 111 cm³/mol. The Balaban J connectivity index is 0.000000159. The minimum absolute atomic E-state index is 0.331. The third-order valence-electron chi connectivity index (χ3n) is 6.75. The van der Waals surface area contributed by atoms with Gasteiger partial charge in [0.25, 0.3) is 0 Å². The van der Waals surface area contributed by atoms with Gasteiger partial charge in [0.15, 0.2) is 0 Å². The summed E-state index contributed by atoms with van der Waals surface area (Å²) in [4.78, 5) is 23.6. The molecule has 0 aromatic heterocycles. The molecule has 0 bridgehead atoms. The molecule has 4 saturated heterocycles. The molecule has 0 N–H and O–H groups in total. The number of nitrogens with zero attached hydrogens (tertiary/aromatic N) is 5. The van der Waals surface area contributed by atoms with Gasteiger partial charge in [0.2, 0.25) is 5.91 Å². The first-order valence-electron chi connectivity index (χ1n) is 11.2. The van der Waals surface area contributed by atoms with Gasteiger partial charge in [-0.3, -0.25) is 9.69 Å². The summed E-state index contributed by atoms with van der Waals surface area (Å²) in [7, 11) is 4.41. The van der Waals surface area contributed by atoms with Crippen molar-refractivity contribution in [1.82, 2.24) is 24.5 Å². The van der Waals surface area contributed by atoms with E-state index in [2.05, 4.69) is 33.7 Å². The van der Waals surface area contributed by atoms with Gasteiger partial charge in [-0.25, -0.2) is 0 Å². The Bertz CT molecular complexity index is 440. The molecule has 1 atom stereocenters. The summed E-state index contributed by atoms with van der Waals surface area (Å²) in [5, 5.41) is 0. The van der Waals surface area contributed by atoms with Crippen LogP contribution in [-0.2, 0) is 4.79 Å². The lowest BCUT2D eigenvalue weighted by molar-refractivity contribution is -0.131. The molecule has 0 spiro atoms. The van der Waals surface area contributed by atoms with E-state index < -0.39 is 0 Å². The van der Waals surface area contributed by atoms with Crippen LogP contribution in [0.3, 0.4) is 0 Å². The summed E-state index contributed by atoms with van der Waals surface area (Å²) in [5.74, 6) is 0.331. The zero-order valence-corrected chi connectivity index (χ0v) is 17.7. The minimum Gasteiger partial charge on any atom is -0.342 e. The van der Waals surface area contributed by atoms with Gasteiger partial charge in [0.1, 0.15) is 0 Å². The molecular weight excluding hydrogens is 338 g/mol. The number of hydrogen-bond acceptors (Lipinski definition) is 5. The molecule has 4 aliphatic rings. The van der Waals surface area contributed by atoms with Crippen molar-refractivity contribution < 1.29 is 4.79 Å². The summed E-state index contributed by atoms with van der Waals surface area (Å²) in [6.07, 6.45) is 8.07. The van der Waals surface area contributed by atoms with Crippen LogP contribution in [0, 0.1) is 0 Å². The number of piperazine rings is 1. The van der Waals surface area contributed by atoms with Crippen molar-refractivity contribution in [3.8, 4) is 0 Å². The fourth-order valence-corrected chi connectivity index (χ4v) is 4.74. The van der Waals surface area contributed by atoms with Crippen LogP contribution in [0.2, 0.25) is 0 Å². The number of likely N-dealkylation sites (N-methyl/N-ethyl adjacent to an activating group) is 2. The second-order valence-corrected chi connectivity index (χ2v) is 8.95. The molecule has 4 heterocycles. The third kappa shape index (κ3) is 6.70. The third-order valence-corrected chi connectivity index (χ3v) is 6.75. The summed E-state index contributed by atoms with van der Waals surface area (Å²) >= 11 is 0. The Hall–Kier alpha value is -0.690. The topological polar surface area (TPSA) is 33.3 Å². The van der Waals surface area contributed by atoms with Crippen LogP contribution < -0.4 is 0 Å². The van der Waals surface area contributed by atoms with Crippen LogP contribution in [0.1, 0.15) is 38.5 Å². The molecule has 156 valence electrons. The maximum absolute atomic E-state index is 11.9. The molecule has 0 unspecified atom stereocenters. The highest BCUT2D eigenvalue weighted by Crippen LogP contribution is 2.18. The SMILES string of the molecule is CN1CCC[C@H]1CN1CCCC1.CN1CCN(CC(=O)N2CCCC2)CC1. The summed E-state index contributed by atoms with van der Waals surface area (Å²) in [6, 6.07) is 0.864. The second-order valence-electron chi connectivity index (χ2n) is 8.95. The van der Waals surface area contributed by atoms with Crippen LogP contribution in [0.4, 0.5) is 0 Å². The highest BCUT2D eigenvalue weighted by molar-refractivity contribution is 5.78. The van der Waals surface area contributed by atoms with Gasteiger partial charge in [-0.05, 0) is 72.3 Å². The summed E-state index contributed by atoms with van der Waals surface area (Å²) in [6.45, 7) is 12.2. The van der Waals surface area contributed by atoms with Gasteiger partial charge in [0.05, 0.1) is 6.54 Å². The average Bonchev–Trinajstić information content (AvgIpc) is 3.42. The maximum atomic E-state index is 11.9. The zero-order valence-electron chi connectivity index (χ0n) is 17.7. The fraction of sp³-hybridized carbons (Fsp3) is 0.952. The van der Waals surface area contributed by atoms with E-state index in [0.717, 1.165) is 45.3 Å². The van der Waals surface area contributed by atoms with Crippen molar-refractivity contribution >= 4 is 5.91 Å². The number of rotatable bonds is 4.